The molecule has 1 N–H and O–H groups in total. The first-order valence-electron chi connectivity index (χ1n) is 10.2. The number of pyridine rings is 1. The van der Waals surface area contributed by atoms with Gasteiger partial charge < -0.3 is 5.32 Å². The third kappa shape index (κ3) is 5.01. The van der Waals surface area contributed by atoms with Crippen LogP contribution in [0.15, 0.2) is 66.2 Å². The van der Waals surface area contributed by atoms with E-state index in [2.05, 4.69) is 16.9 Å². The lowest BCUT2D eigenvalue weighted by molar-refractivity contribution is -0.126. The van der Waals surface area contributed by atoms with E-state index in [9.17, 15) is 18.5 Å². The fourth-order valence-corrected chi connectivity index (χ4v) is 5.86. The molecule has 7 nitrogen and oxygen atoms in total. The van der Waals surface area contributed by atoms with Crippen molar-refractivity contribution in [2.24, 2.45) is 5.92 Å². The van der Waals surface area contributed by atoms with Crippen molar-refractivity contribution in [1.82, 2.24) is 14.6 Å². The van der Waals surface area contributed by atoms with Gasteiger partial charge in [0.25, 0.3) is 0 Å². The smallest absolute Gasteiger partial charge is 0.244 e. The largest absolute Gasteiger partial charge is 0.349 e. The Balaban J connectivity index is 1.95. The molecule has 31 heavy (non-hydrogen) atoms. The quantitative estimate of drug-likeness (QED) is 0.670. The van der Waals surface area contributed by atoms with Crippen molar-refractivity contribution in [2.45, 2.75) is 49.7 Å². The van der Waals surface area contributed by atoms with E-state index in [0.717, 1.165) is 6.42 Å². The maximum absolute atomic E-state index is 13.7. The van der Waals surface area contributed by atoms with Gasteiger partial charge in [0, 0.05) is 12.2 Å². The molecule has 2 aromatic rings. The molecule has 3 rings (SSSR count). The average molecular weight is 439 g/mol. The summed E-state index contributed by atoms with van der Waals surface area (Å²) in [5.41, 5.74) is 0.946. The highest BCUT2D eigenvalue weighted by Gasteiger charge is 2.44. The predicted molar refractivity (Wildman–Crippen MR) is 117 cm³/mol. The number of benzene rings is 1. The molecule has 2 heterocycles. The molecular weight excluding hydrogens is 412 g/mol. The number of carbonyl (C=O) groups excluding carboxylic acids is 1. The molecule has 3 atom stereocenters. The Bertz CT molecular complexity index is 1080. The first-order chi connectivity index (χ1) is 14.9. The van der Waals surface area contributed by atoms with Crippen molar-refractivity contribution in [3.8, 4) is 6.07 Å². The molecule has 1 fully saturated rings. The number of carbonyl (C=O) groups is 1. The van der Waals surface area contributed by atoms with Crippen LogP contribution < -0.4 is 5.32 Å². The highest BCUT2D eigenvalue weighted by molar-refractivity contribution is 7.89. The van der Waals surface area contributed by atoms with E-state index < -0.39 is 22.1 Å². The highest BCUT2D eigenvalue weighted by atomic mass is 32.2. The van der Waals surface area contributed by atoms with E-state index in [1.165, 1.54) is 22.5 Å². The van der Waals surface area contributed by atoms with E-state index >= 15 is 0 Å². The van der Waals surface area contributed by atoms with E-state index in [-0.39, 0.29) is 28.8 Å². The normalized spacial score (nSPS) is 20.4. The first-order valence-corrected chi connectivity index (χ1v) is 11.7. The van der Waals surface area contributed by atoms with Crippen molar-refractivity contribution in [2.75, 3.05) is 0 Å². The summed E-state index contributed by atoms with van der Waals surface area (Å²) in [4.78, 5) is 17.3. The number of nitrogens with one attached hydrogen (secondary N) is 1. The predicted octanol–water partition coefficient (Wildman–Crippen LogP) is 3.00. The van der Waals surface area contributed by atoms with Gasteiger partial charge in [-0.3, -0.25) is 9.78 Å². The minimum atomic E-state index is -4.02. The molecule has 1 aromatic heterocycles. The molecule has 1 saturated heterocycles. The Hall–Kier alpha value is -3.02. The number of piperidine rings is 1. The number of hydrogen-bond donors (Lipinski definition) is 1. The Kier molecular flexibility index (Phi) is 7.21. The molecule has 162 valence electrons. The summed E-state index contributed by atoms with van der Waals surface area (Å²) in [6.07, 6.45) is 5.14. The zero-order valence-corrected chi connectivity index (χ0v) is 18.3. The summed E-state index contributed by atoms with van der Waals surface area (Å²) in [6.45, 7) is 5.95. The monoisotopic (exact) mass is 438 g/mol. The summed E-state index contributed by atoms with van der Waals surface area (Å²) in [5, 5.41) is 12.0. The van der Waals surface area contributed by atoms with E-state index in [1.54, 1.807) is 30.5 Å². The van der Waals surface area contributed by atoms with Crippen LogP contribution >= 0.6 is 0 Å². The van der Waals surface area contributed by atoms with Gasteiger partial charge in [-0.15, -0.1) is 6.58 Å². The number of amides is 1. The highest BCUT2D eigenvalue weighted by Crippen LogP contribution is 2.34. The lowest BCUT2D eigenvalue weighted by Gasteiger charge is -2.42. The zero-order valence-electron chi connectivity index (χ0n) is 17.4. The number of sulfonamides is 1. The van der Waals surface area contributed by atoms with Gasteiger partial charge in [-0.05, 0) is 55.5 Å². The number of aromatic nitrogens is 1. The van der Waals surface area contributed by atoms with Crippen molar-refractivity contribution < 1.29 is 13.2 Å². The standard InChI is InChI=1S/C23H26N4O3S/c1-3-17(2)21-11-7-12-22(23(28)26-16-19-9-4-5-13-25-19)27(21)31(29,30)20-10-6-8-18(14-20)15-24/h3-6,8-10,13-14,17,21-22H,1,7,11-12,16H2,2H3,(H,26,28)/t17-,21+,22?/m1/s1. The average Bonchev–Trinajstić information content (AvgIpc) is 2.82. The second kappa shape index (κ2) is 9.86. The second-order valence-electron chi connectivity index (χ2n) is 7.62. The fourth-order valence-electron chi connectivity index (χ4n) is 3.90. The van der Waals surface area contributed by atoms with Crippen molar-refractivity contribution >= 4 is 15.9 Å². The summed E-state index contributed by atoms with van der Waals surface area (Å²) >= 11 is 0. The van der Waals surface area contributed by atoms with Crippen LogP contribution in [-0.2, 0) is 21.4 Å². The summed E-state index contributed by atoms with van der Waals surface area (Å²) in [5.74, 6) is -0.494. The van der Waals surface area contributed by atoms with Crippen LogP contribution in [0.25, 0.3) is 0 Å². The van der Waals surface area contributed by atoms with E-state index in [1.807, 2.05) is 19.1 Å². The molecule has 8 heteroatoms. The van der Waals surface area contributed by atoms with E-state index in [0.29, 0.717) is 18.5 Å². The first kappa shape index (κ1) is 22.7. The molecule has 0 aliphatic carbocycles. The van der Waals surface area contributed by atoms with Gasteiger partial charge in [-0.25, -0.2) is 8.42 Å². The SMILES string of the molecule is C=C[C@@H](C)[C@@H]1CCCC(C(=O)NCc2ccccn2)N1S(=O)(=O)c1cccc(C#N)c1. The lowest BCUT2D eigenvalue weighted by Crippen LogP contribution is -2.57. The third-order valence-electron chi connectivity index (χ3n) is 5.60. The minimum Gasteiger partial charge on any atom is -0.349 e. The Labute approximate surface area is 183 Å². The van der Waals surface area contributed by atoms with Crippen LogP contribution in [-0.4, -0.2) is 35.7 Å². The Morgan fingerprint density at radius 1 is 1.35 bits per heavy atom. The molecule has 1 aliphatic heterocycles. The Morgan fingerprint density at radius 2 is 2.16 bits per heavy atom. The Morgan fingerprint density at radius 3 is 2.84 bits per heavy atom. The molecular formula is C23H26N4O3S. The minimum absolute atomic E-state index is 0.0113. The molecule has 1 unspecified atom stereocenters. The topological polar surface area (TPSA) is 103 Å². The molecule has 0 spiro atoms. The van der Waals surface area contributed by atoms with Crippen LogP contribution in [0.4, 0.5) is 0 Å². The third-order valence-corrected chi connectivity index (χ3v) is 7.53. The summed E-state index contributed by atoms with van der Waals surface area (Å²) in [6, 6.07) is 12.0. The van der Waals surface area contributed by atoms with Gasteiger partial charge in [-0.2, -0.15) is 9.57 Å². The fraction of sp³-hybridized carbons (Fsp3) is 0.348. The zero-order chi connectivity index (χ0) is 22.4. The summed E-state index contributed by atoms with van der Waals surface area (Å²) in [7, 11) is -4.02. The van der Waals surface area contributed by atoms with Crippen LogP contribution in [0.5, 0.6) is 0 Å². The van der Waals surface area contributed by atoms with Crippen molar-refractivity contribution in [3.63, 3.8) is 0 Å². The van der Waals surface area contributed by atoms with Crippen molar-refractivity contribution in [1.29, 1.82) is 5.26 Å². The van der Waals surface area contributed by atoms with Gasteiger partial charge in [0.2, 0.25) is 15.9 Å². The number of rotatable bonds is 7. The lowest BCUT2D eigenvalue weighted by atomic mass is 9.90. The molecule has 1 amide bonds. The van der Waals surface area contributed by atoms with Crippen molar-refractivity contribution in [3.05, 3.63) is 72.6 Å². The number of nitriles is 1. The molecule has 0 saturated carbocycles. The van der Waals surface area contributed by atoms with Crippen LogP contribution in [0.1, 0.15) is 37.4 Å². The second-order valence-corrected chi connectivity index (χ2v) is 9.47. The molecule has 1 aromatic carbocycles. The molecule has 0 radical (unpaired) electrons. The van der Waals surface area contributed by atoms with Gasteiger partial charge in [0.1, 0.15) is 6.04 Å². The van der Waals surface area contributed by atoms with Crippen LogP contribution in [0.3, 0.4) is 0 Å². The number of nitrogens with zero attached hydrogens (tertiary/aromatic N) is 3. The maximum Gasteiger partial charge on any atom is 0.244 e. The van der Waals surface area contributed by atoms with Crippen LogP contribution in [0, 0.1) is 17.2 Å². The van der Waals surface area contributed by atoms with Gasteiger partial charge in [0.05, 0.1) is 28.8 Å². The van der Waals surface area contributed by atoms with Crippen LogP contribution in [0.2, 0.25) is 0 Å². The van der Waals surface area contributed by atoms with Gasteiger partial charge >= 0.3 is 0 Å². The van der Waals surface area contributed by atoms with Gasteiger partial charge in [-0.1, -0.05) is 25.1 Å². The maximum atomic E-state index is 13.7. The molecule has 0 bridgehead atoms. The van der Waals surface area contributed by atoms with Gasteiger partial charge in [0.15, 0.2) is 0 Å². The summed E-state index contributed by atoms with van der Waals surface area (Å²) < 4.78 is 28.7. The molecule has 1 aliphatic rings. The van der Waals surface area contributed by atoms with E-state index in [4.69, 9.17) is 0 Å². The number of hydrogen-bond acceptors (Lipinski definition) is 5.